The Balaban J connectivity index is 2.05. The number of phenolic OH excluding ortho intramolecular Hbond substituents is 1. The lowest BCUT2D eigenvalue weighted by atomic mass is 10.2. The van der Waals surface area contributed by atoms with Gasteiger partial charge in [-0.2, -0.15) is 0 Å². The molecule has 1 N–H and O–H groups in total. The van der Waals surface area contributed by atoms with Crippen LogP contribution >= 0.6 is 15.9 Å². The van der Waals surface area contributed by atoms with Crippen molar-refractivity contribution in [2.45, 2.75) is 6.61 Å². The quantitative estimate of drug-likeness (QED) is 0.927. The fourth-order valence-corrected chi connectivity index (χ4v) is 1.73. The minimum absolute atomic E-state index is 0.262. The lowest BCUT2D eigenvalue weighted by molar-refractivity contribution is 0.299. The zero-order valence-corrected chi connectivity index (χ0v) is 10.1. The molecule has 3 heteroatoms. The summed E-state index contributed by atoms with van der Waals surface area (Å²) in [5.74, 6) is 1.04. The monoisotopic (exact) mass is 278 g/mol. The first kappa shape index (κ1) is 11.0. The molecule has 0 spiro atoms. The van der Waals surface area contributed by atoms with E-state index in [4.69, 9.17) is 4.74 Å². The number of ether oxygens (including phenoxy) is 1. The van der Waals surface area contributed by atoms with Crippen molar-refractivity contribution in [2.24, 2.45) is 0 Å². The largest absolute Gasteiger partial charge is 0.508 e. The minimum atomic E-state index is 0.262. The van der Waals surface area contributed by atoms with E-state index in [0.29, 0.717) is 6.61 Å². The van der Waals surface area contributed by atoms with Crippen molar-refractivity contribution in [1.29, 1.82) is 0 Å². The van der Waals surface area contributed by atoms with E-state index < -0.39 is 0 Å². The first-order valence-corrected chi connectivity index (χ1v) is 5.70. The fourth-order valence-electron chi connectivity index (χ4n) is 1.35. The predicted molar refractivity (Wildman–Crippen MR) is 66.6 cm³/mol. The fraction of sp³-hybridized carbons (Fsp3) is 0.0769. The normalized spacial score (nSPS) is 10.1. The van der Waals surface area contributed by atoms with Crippen molar-refractivity contribution in [1.82, 2.24) is 0 Å². The van der Waals surface area contributed by atoms with Crippen LogP contribution in [-0.4, -0.2) is 5.11 Å². The number of benzene rings is 2. The smallest absolute Gasteiger partial charge is 0.122 e. The van der Waals surface area contributed by atoms with Crippen LogP contribution in [-0.2, 0) is 6.61 Å². The number of hydrogen-bond donors (Lipinski definition) is 1. The van der Waals surface area contributed by atoms with E-state index in [2.05, 4.69) is 15.9 Å². The van der Waals surface area contributed by atoms with Crippen LogP contribution in [0.25, 0.3) is 0 Å². The summed E-state index contributed by atoms with van der Waals surface area (Å²) in [7, 11) is 0. The van der Waals surface area contributed by atoms with Gasteiger partial charge in [0.1, 0.15) is 18.1 Å². The number of hydrogen-bond acceptors (Lipinski definition) is 2. The van der Waals surface area contributed by atoms with Gasteiger partial charge in [-0.1, -0.05) is 40.2 Å². The first-order valence-electron chi connectivity index (χ1n) is 4.91. The second-order valence-electron chi connectivity index (χ2n) is 3.37. The molecule has 2 rings (SSSR count). The molecule has 0 unspecified atom stereocenters. The van der Waals surface area contributed by atoms with Gasteiger partial charge in [0.15, 0.2) is 0 Å². The first-order chi connectivity index (χ1) is 7.75. The second kappa shape index (κ2) is 5.03. The molecule has 0 radical (unpaired) electrons. The number of para-hydroxylation sites is 1. The summed E-state index contributed by atoms with van der Waals surface area (Å²) in [6, 6.07) is 14.8. The Labute approximate surface area is 103 Å². The highest BCUT2D eigenvalue weighted by molar-refractivity contribution is 9.10. The third kappa shape index (κ3) is 2.76. The summed E-state index contributed by atoms with van der Waals surface area (Å²) in [5.41, 5.74) is 0.780. The molecule has 0 atom stereocenters. The maximum absolute atomic E-state index is 9.55. The zero-order chi connectivity index (χ0) is 11.4. The number of halogens is 1. The Kier molecular flexibility index (Phi) is 3.47. The molecular weight excluding hydrogens is 268 g/mol. The van der Waals surface area contributed by atoms with Crippen molar-refractivity contribution in [3.8, 4) is 11.5 Å². The molecule has 2 aromatic rings. The number of phenols is 1. The van der Waals surface area contributed by atoms with Gasteiger partial charge in [-0.05, 0) is 24.3 Å². The molecule has 0 heterocycles. The molecule has 16 heavy (non-hydrogen) atoms. The van der Waals surface area contributed by atoms with Gasteiger partial charge in [0.2, 0.25) is 0 Å². The van der Waals surface area contributed by atoms with Gasteiger partial charge >= 0.3 is 0 Å². The van der Waals surface area contributed by atoms with Gasteiger partial charge in [0.25, 0.3) is 0 Å². The summed E-state index contributed by atoms with van der Waals surface area (Å²) in [4.78, 5) is 0. The van der Waals surface area contributed by atoms with Crippen LogP contribution in [0.2, 0.25) is 0 Å². The highest BCUT2D eigenvalue weighted by atomic mass is 79.9. The van der Waals surface area contributed by atoms with Crippen LogP contribution in [0, 0.1) is 0 Å². The van der Waals surface area contributed by atoms with Crippen molar-refractivity contribution in [2.75, 3.05) is 0 Å². The summed E-state index contributed by atoms with van der Waals surface area (Å²) in [6.07, 6.45) is 0. The molecule has 0 saturated carbocycles. The molecule has 0 saturated heterocycles. The molecule has 0 aromatic heterocycles. The van der Waals surface area contributed by atoms with Crippen molar-refractivity contribution in [3.05, 3.63) is 58.6 Å². The Bertz CT molecular complexity index is 483. The average Bonchev–Trinajstić information content (AvgIpc) is 2.28. The van der Waals surface area contributed by atoms with Crippen molar-refractivity contribution < 1.29 is 9.84 Å². The van der Waals surface area contributed by atoms with Gasteiger partial charge in [-0.3, -0.25) is 0 Å². The standard InChI is InChI=1S/C13H11BrO2/c14-11-5-3-6-12(8-11)16-9-10-4-1-2-7-13(10)15/h1-8,15H,9H2. The van der Waals surface area contributed by atoms with Crippen LogP contribution in [0.4, 0.5) is 0 Å². The molecule has 82 valence electrons. The zero-order valence-electron chi connectivity index (χ0n) is 8.56. The van der Waals surface area contributed by atoms with Gasteiger partial charge in [-0.25, -0.2) is 0 Å². The SMILES string of the molecule is Oc1ccccc1COc1cccc(Br)c1. The summed E-state index contributed by atoms with van der Waals surface area (Å²) in [5, 5.41) is 9.55. The Morgan fingerprint density at radius 2 is 1.88 bits per heavy atom. The number of rotatable bonds is 3. The minimum Gasteiger partial charge on any atom is -0.508 e. The maximum atomic E-state index is 9.55. The highest BCUT2D eigenvalue weighted by Gasteiger charge is 2.00. The van der Waals surface area contributed by atoms with Crippen LogP contribution in [0.15, 0.2) is 53.0 Å². The second-order valence-corrected chi connectivity index (χ2v) is 4.29. The third-order valence-electron chi connectivity index (χ3n) is 2.18. The molecule has 0 amide bonds. The lowest BCUT2D eigenvalue weighted by Gasteiger charge is -2.07. The third-order valence-corrected chi connectivity index (χ3v) is 2.68. The molecular formula is C13H11BrO2. The van der Waals surface area contributed by atoms with Crippen LogP contribution < -0.4 is 4.74 Å². The van der Waals surface area contributed by atoms with Gasteiger partial charge in [0.05, 0.1) is 0 Å². The van der Waals surface area contributed by atoms with Crippen LogP contribution in [0.3, 0.4) is 0 Å². The van der Waals surface area contributed by atoms with Gasteiger partial charge < -0.3 is 9.84 Å². The molecule has 2 aromatic carbocycles. The summed E-state index contributed by atoms with van der Waals surface area (Å²) in [6.45, 7) is 0.364. The molecule has 2 nitrogen and oxygen atoms in total. The van der Waals surface area contributed by atoms with Crippen LogP contribution in [0.5, 0.6) is 11.5 Å². The maximum Gasteiger partial charge on any atom is 0.122 e. The topological polar surface area (TPSA) is 29.5 Å². The molecule has 0 fully saturated rings. The van der Waals surface area contributed by atoms with E-state index in [0.717, 1.165) is 15.8 Å². The molecule has 0 aliphatic heterocycles. The summed E-state index contributed by atoms with van der Waals surface area (Å²) < 4.78 is 6.54. The Hall–Kier alpha value is -1.48. The van der Waals surface area contributed by atoms with E-state index in [-0.39, 0.29) is 5.75 Å². The predicted octanol–water partition coefficient (Wildman–Crippen LogP) is 3.73. The Morgan fingerprint density at radius 3 is 2.62 bits per heavy atom. The van der Waals surface area contributed by atoms with E-state index >= 15 is 0 Å². The van der Waals surface area contributed by atoms with E-state index in [1.807, 2.05) is 36.4 Å². The Morgan fingerprint density at radius 1 is 1.06 bits per heavy atom. The lowest BCUT2D eigenvalue weighted by Crippen LogP contribution is -1.95. The van der Waals surface area contributed by atoms with Gasteiger partial charge in [-0.15, -0.1) is 0 Å². The van der Waals surface area contributed by atoms with E-state index in [1.54, 1.807) is 12.1 Å². The molecule has 0 aliphatic carbocycles. The number of aromatic hydroxyl groups is 1. The van der Waals surface area contributed by atoms with E-state index in [9.17, 15) is 5.11 Å². The summed E-state index contributed by atoms with van der Waals surface area (Å²) >= 11 is 3.37. The van der Waals surface area contributed by atoms with E-state index in [1.165, 1.54) is 0 Å². The molecule has 0 aliphatic rings. The van der Waals surface area contributed by atoms with Crippen molar-refractivity contribution >= 4 is 15.9 Å². The average molecular weight is 279 g/mol. The van der Waals surface area contributed by atoms with Gasteiger partial charge in [0, 0.05) is 10.0 Å². The van der Waals surface area contributed by atoms with Crippen molar-refractivity contribution in [3.63, 3.8) is 0 Å². The molecule has 0 bridgehead atoms. The van der Waals surface area contributed by atoms with Crippen LogP contribution in [0.1, 0.15) is 5.56 Å². The highest BCUT2D eigenvalue weighted by Crippen LogP contribution is 2.21.